The van der Waals surface area contributed by atoms with E-state index in [4.69, 9.17) is 0 Å². The van der Waals surface area contributed by atoms with Gasteiger partial charge < -0.3 is 20.4 Å². The quantitative estimate of drug-likeness (QED) is 0.607. The zero-order chi connectivity index (χ0) is 24.6. The normalized spacial score (nSPS) is 32.9. The molecule has 4 aliphatic rings. The highest BCUT2D eigenvalue weighted by molar-refractivity contribution is 6.47. The summed E-state index contributed by atoms with van der Waals surface area (Å²) in [5.41, 5.74) is 1.30. The summed E-state index contributed by atoms with van der Waals surface area (Å²) in [5, 5.41) is 23.8. The molecular weight excluding hydrogens is 463 g/mol. The molecule has 3 fully saturated rings. The van der Waals surface area contributed by atoms with Gasteiger partial charge in [0.1, 0.15) is 41.8 Å². The van der Waals surface area contributed by atoms with Crippen molar-refractivity contribution in [3.63, 3.8) is 0 Å². The predicted molar refractivity (Wildman–Crippen MR) is 118 cm³/mol. The van der Waals surface area contributed by atoms with Crippen LogP contribution in [0, 0.1) is 30.4 Å². The Kier molecular flexibility index (Phi) is 5.12. The summed E-state index contributed by atoms with van der Waals surface area (Å²) in [4.78, 5) is 27.8. The second kappa shape index (κ2) is 7.99. The van der Waals surface area contributed by atoms with Crippen LogP contribution in [0.2, 0.25) is 0 Å². The average molecular weight is 487 g/mol. The molecule has 2 aromatic rings. The van der Waals surface area contributed by atoms with Gasteiger partial charge in [-0.1, -0.05) is 0 Å². The van der Waals surface area contributed by atoms with Crippen molar-refractivity contribution in [3.05, 3.63) is 52.5 Å². The monoisotopic (exact) mass is 487 g/mol. The van der Waals surface area contributed by atoms with Gasteiger partial charge >= 0.3 is 0 Å². The number of likely N-dealkylation sites (tertiary alicyclic amines) is 1. The third-order valence-electron chi connectivity index (χ3n) is 7.78. The van der Waals surface area contributed by atoms with Crippen LogP contribution in [0.1, 0.15) is 41.3 Å². The number of hydrogen-bond donors (Lipinski definition) is 3. The molecule has 2 aliphatic carbocycles. The van der Waals surface area contributed by atoms with Crippen LogP contribution < -0.4 is 5.32 Å². The number of amides is 1. The molecule has 1 aromatic heterocycles. The van der Waals surface area contributed by atoms with Gasteiger partial charge in [0.25, 0.3) is 5.91 Å². The Hall–Kier alpha value is -3.05. The Morgan fingerprint density at radius 2 is 1.94 bits per heavy atom. The number of aliphatic hydroxyl groups is 2. The molecule has 1 aromatic carbocycles. The van der Waals surface area contributed by atoms with E-state index in [-0.39, 0.29) is 48.2 Å². The SMILES string of the molecule is Cc1c(F)cc(F)cc1[C@H]1C[C@H](F)CN1C(=O)C1=NCc2ncnc(N[C@H]3[C@H](O)[C@H](O)[C@@H]4C[C@@H]43)c21. The van der Waals surface area contributed by atoms with Crippen LogP contribution in [0.3, 0.4) is 0 Å². The Morgan fingerprint density at radius 3 is 2.69 bits per heavy atom. The van der Waals surface area contributed by atoms with Crippen molar-refractivity contribution in [1.82, 2.24) is 14.9 Å². The molecule has 1 amide bonds. The van der Waals surface area contributed by atoms with Crippen molar-refractivity contribution >= 4 is 17.4 Å². The molecule has 0 radical (unpaired) electrons. The fourth-order valence-corrected chi connectivity index (χ4v) is 5.87. The van der Waals surface area contributed by atoms with Gasteiger partial charge in [-0.05, 0) is 42.4 Å². The van der Waals surface area contributed by atoms with Crippen molar-refractivity contribution in [3.8, 4) is 0 Å². The summed E-state index contributed by atoms with van der Waals surface area (Å²) in [6.45, 7) is 1.37. The van der Waals surface area contributed by atoms with Crippen molar-refractivity contribution in [2.75, 3.05) is 11.9 Å². The Balaban J connectivity index is 1.32. The second-order valence-electron chi connectivity index (χ2n) is 9.83. The lowest BCUT2D eigenvalue weighted by molar-refractivity contribution is -0.125. The Bertz CT molecular complexity index is 1260. The van der Waals surface area contributed by atoms with Gasteiger partial charge in [0.05, 0.1) is 42.5 Å². The molecule has 0 unspecified atom stereocenters. The molecule has 11 heteroatoms. The van der Waals surface area contributed by atoms with Crippen molar-refractivity contribution < 1.29 is 28.2 Å². The molecule has 184 valence electrons. The van der Waals surface area contributed by atoms with Gasteiger partial charge in [0, 0.05) is 12.5 Å². The maximum Gasteiger partial charge on any atom is 0.273 e. The number of nitrogens with zero attached hydrogens (tertiary/aromatic N) is 4. The third kappa shape index (κ3) is 3.51. The largest absolute Gasteiger partial charge is 0.390 e. The Labute approximate surface area is 198 Å². The molecule has 3 N–H and O–H groups in total. The fourth-order valence-electron chi connectivity index (χ4n) is 5.87. The molecule has 8 nitrogen and oxygen atoms in total. The first-order valence-corrected chi connectivity index (χ1v) is 11.7. The van der Waals surface area contributed by atoms with E-state index in [1.807, 2.05) is 0 Å². The number of carbonyl (C=O) groups is 1. The zero-order valence-electron chi connectivity index (χ0n) is 18.8. The number of nitrogens with one attached hydrogen (secondary N) is 1. The van der Waals surface area contributed by atoms with E-state index in [1.54, 1.807) is 0 Å². The first kappa shape index (κ1) is 22.4. The molecule has 35 heavy (non-hydrogen) atoms. The number of aliphatic imine (C=N–C) groups is 1. The average Bonchev–Trinajstić information content (AvgIpc) is 3.23. The highest BCUT2D eigenvalue weighted by atomic mass is 19.1. The molecule has 0 spiro atoms. The third-order valence-corrected chi connectivity index (χ3v) is 7.78. The number of alkyl halides is 1. The molecule has 6 rings (SSSR count). The fraction of sp³-hybridized carbons (Fsp3) is 0.500. The van der Waals surface area contributed by atoms with E-state index in [1.165, 1.54) is 18.2 Å². The molecule has 0 bridgehead atoms. The number of aromatic nitrogens is 2. The Morgan fingerprint density at radius 1 is 1.14 bits per heavy atom. The maximum atomic E-state index is 14.6. The minimum atomic E-state index is -1.36. The summed E-state index contributed by atoms with van der Waals surface area (Å²) in [5.74, 6) is -1.68. The highest BCUT2D eigenvalue weighted by Gasteiger charge is 2.59. The minimum absolute atomic E-state index is 0.0360. The van der Waals surface area contributed by atoms with Crippen molar-refractivity contribution in [1.29, 1.82) is 0 Å². The van der Waals surface area contributed by atoms with Gasteiger partial charge in [-0.25, -0.2) is 23.1 Å². The highest BCUT2D eigenvalue weighted by Crippen LogP contribution is 2.53. The zero-order valence-corrected chi connectivity index (χ0v) is 18.8. The maximum absolute atomic E-state index is 14.6. The molecular formula is C24H24F3N5O3. The molecule has 2 aliphatic heterocycles. The van der Waals surface area contributed by atoms with E-state index >= 15 is 0 Å². The summed E-state index contributed by atoms with van der Waals surface area (Å²) in [7, 11) is 0. The number of anilines is 1. The number of fused-ring (bicyclic) bond motifs is 2. The van der Waals surface area contributed by atoms with Crippen LogP contribution in [0.25, 0.3) is 0 Å². The lowest BCUT2D eigenvalue weighted by atomic mass is 9.97. The first-order chi connectivity index (χ1) is 16.7. The summed E-state index contributed by atoms with van der Waals surface area (Å²) in [6, 6.07) is 0.618. The summed E-state index contributed by atoms with van der Waals surface area (Å²) in [6.07, 6.45) is -1.10. The van der Waals surface area contributed by atoms with Gasteiger partial charge in [-0.2, -0.15) is 0 Å². The summed E-state index contributed by atoms with van der Waals surface area (Å²) < 4.78 is 42.8. The number of aliphatic hydroxyl groups excluding tert-OH is 2. The molecule has 2 saturated carbocycles. The van der Waals surface area contributed by atoms with Crippen LogP contribution in [0.4, 0.5) is 19.0 Å². The number of carbonyl (C=O) groups excluding carboxylic acids is 1. The molecule has 3 heterocycles. The van der Waals surface area contributed by atoms with Gasteiger partial charge in [0.2, 0.25) is 0 Å². The van der Waals surface area contributed by atoms with Crippen LogP contribution in [0.15, 0.2) is 23.5 Å². The lowest BCUT2D eigenvalue weighted by Crippen LogP contribution is -2.40. The van der Waals surface area contributed by atoms with Crippen LogP contribution in [-0.4, -0.2) is 67.7 Å². The van der Waals surface area contributed by atoms with E-state index in [0.717, 1.165) is 18.6 Å². The standard InChI is InChI=1S/C24H24F3N5O3/c1-9-12(2-10(25)3-15(9)27)17-4-11(26)7-32(17)24(35)20-18-16(6-28-20)29-8-30-23(18)31-19-13-5-14(13)21(33)22(19)34/h2-3,8,11,13-14,17,19,21-22,33-34H,4-7H2,1H3,(H,29,30,31)/t11-,13-,14+,17+,19+,21+,22-/m0/s1. The van der Waals surface area contributed by atoms with Gasteiger partial charge in [-0.15, -0.1) is 0 Å². The number of hydrogen-bond acceptors (Lipinski definition) is 7. The van der Waals surface area contributed by atoms with E-state index in [2.05, 4.69) is 20.3 Å². The smallest absolute Gasteiger partial charge is 0.273 e. The van der Waals surface area contributed by atoms with Gasteiger partial charge in [0.15, 0.2) is 0 Å². The van der Waals surface area contributed by atoms with E-state index in [0.29, 0.717) is 17.1 Å². The predicted octanol–water partition coefficient (Wildman–Crippen LogP) is 1.83. The van der Waals surface area contributed by atoms with Gasteiger partial charge in [-0.3, -0.25) is 9.79 Å². The van der Waals surface area contributed by atoms with Crippen LogP contribution >= 0.6 is 0 Å². The first-order valence-electron chi connectivity index (χ1n) is 11.7. The van der Waals surface area contributed by atoms with Crippen molar-refractivity contribution in [2.24, 2.45) is 16.8 Å². The molecule has 7 atom stereocenters. The second-order valence-corrected chi connectivity index (χ2v) is 9.83. The number of benzene rings is 1. The van der Waals surface area contributed by atoms with E-state index < -0.39 is 48.0 Å². The topological polar surface area (TPSA) is 111 Å². The van der Waals surface area contributed by atoms with Crippen LogP contribution in [-0.2, 0) is 11.3 Å². The lowest BCUT2D eigenvalue weighted by Gasteiger charge is -2.27. The number of rotatable bonds is 4. The minimum Gasteiger partial charge on any atom is -0.390 e. The molecule has 1 saturated heterocycles. The summed E-state index contributed by atoms with van der Waals surface area (Å²) >= 11 is 0. The van der Waals surface area contributed by atoms with E-state index in [9.17, 15) is 28.2 Å². The number of halogens is 3. The van der Waals surface area contributed by atoms with Crippen molar-refractivity contribution in [2.45, 2.75) is 56.8 Å². The van der Waals surface area contributed by atoms with Crippen LogP contribution in [0.5, 0.6) is 0 Å².